The second kappa shape index (κ2) is 10.6. The molecule has 0 aliphatic heterocycles. The van der Waals surface area contributed by atoms with E-state index < -0.39 is 63.1 Å². The summed E-state index contributed by atoms with van der Waals surface area (Å²) in [5.41, 5.74) is 0. The molecule has 0 atom stereocenters. The highest BCUT2D eigenvalue weighted by molar-refractivity contribution is 7.48. The van der Waals surface area contributed by atoms with Crippen LogP contribution in [-0.4, -0.2) is 55.6 Å². The lowest BCUT2D eigenvalue weighted by Gasteiger charge is -2.38. The summed E-state index contributed by atoms with van der Waals surface area (Å²) in [5.74, 6) is -36.3. The van der Waals surface area contributed by atoms with Crippen LogP contribution in [0.5, 0.6) is 0 Å². The van der Waals surface area contributed by atoms with Crippen LogP contribution in [0.25, 0.3) is 0 Å². The van der Waals surface area contributed by atoms with Crippen LogP contribution in [0.1, 0.15) is 26.7 Å². The normalized spacial score (nSPS) is 14.8. The Morgan fingerprint density at radius 3 is 1.48 bits per heavy atom. The van der Waals surface area contributed by atoms with Crippen molar-refractivity contribution < 1.29 is 75.2 Å². The lowest BCUT2D eigenvalue weighted by molar-refractivity contribution is -0.435. The van der Waals surface area contributed by atoms with Crippen LogP contribution < -0.4 is 0 Å². The highest BCUT2D eigenvalue weighted by Crippen LogP contribution is 2.60. The molecular weight excluding hydrogens is 522 g/mol. The van der Waals surface area contributed by atoms with Crippen molar-refractivity contribution in [2.24, 2.45) is 0 Å². The molecule has 33 heavy (non-hydrogen) atoms. The zero-order valence-corrected chi connectivity index (χ0v) is 17.4. The smallest absolute Gasteiger partial charge is 0.287 e. The monoisotopic (exact) mass is 538 g/mol. The molecule has 0 aliphatic carbocycles. The van der Waals surface area contributed by atoms with Crippen LogP contribution in [0.2, 0.25) is 0 Å². The Morgan fingerprint density at radius 1 is 0.667 bits per heavy atom. The molecule has 0 fully saturated rings. The van der Waals surface area contributed by atoms with Crippen molar-refractivity contribution in [3.05, 3.63) is 0 Å². The SMILES string of the molecule is CCOP(=O)(OCC)OCCCC#CC(F)(F)C(F)(F)C(F)(F)C(F)(F)C(F)(F)C(F)(F)F. The summed E-state index contributed by atoms with van der Waals surface area (Å²) in [6.45, 7) is 1.87. The number of phosphoric ester groups is 1. The van der Waals surface area contributed by atoms with Crippen molar-refractivity contribution >= 4 is 7.82 Å². The first kappa shape index (κ1) is 31.8. The fourth-order valence-electron chi connectivity index (χ4n) is 1.79. The van der Waals surface area contributed by atoms with Gasteiger partial charge in [-0.2, -0.15) is 57.1 Å². The van der Waals surface area contributed by atoms with Crippen molar-refractivity contribution in [3.8, 4) is 11.8 Å². The Labute approximate surface area is 178 Å². The van der Waals surface area contributed by atoms with Crippen molar-refractivity contribution in [3.63, 3.8) is 0 Å². The first-order chi connectivity index (χ1) is 14.6. The van der Waals surface area contributed by atoms with E-state index in [2.05, 4.69) is 13.6 Å². The van der Waals surface area contributed by atoms with E-state index >= 15 is 0 Å². The predicted molar refractivity (Wildman–Crippen MR) is 84.6 cm³/mol. The summed E-state index contributed by atoms with van der Waals surface area (Å²) in [6, 6.07) is 0. The van der Waals surface area contributed by atoms with Crippen LogP contribution in [0.3, 0.4) is 0 Å². The summed E-state index contributed by atoms with van der Waals surface area (Å²) in [6.07, 6.45) is -8.87. The molecule has 0 bridgehead atoms. The van der Waals surface area contributed by atoms with Gasteiger partial charge in [0, 0.05) is 6.42 Å². The number of unbranched alkanes of at least 4 members (excludes halogenated alkanes) is 1. The van der Waals surface area contributed by atoms with E-state index in [1.54, 1.807) is 0 Å². The van der Waals surface area contributed by atoms with Gasteiger partial charge in [-0.05, 0) is 26.2 Å². The molecule has 0 rings (SSSR count). The van der Waals surface area contributed by atoms with Gasteiger partial charge in [-0.1, -0.05) is 5.92 Å². The average Bonchev–Trinajstić information content (AvgIpc) is 2.63. The summed E-state index contributed by atoms with van der Waals surface area (Å²) in [7, 11) is -4.06. The van der Waals surface area contributed by atoms with Crippen molar-refractivity contribution in [1.29, 1.82) is 0 Å². The third kappa shape index (κ3) is 6.46. The predicted octanol–water partition coefficient (Wildman–Crippen LogP) is 6.71. The van der Waals surface area contributed by atoms with Gasteiger partial charge in [-0.15, -0.1) is 0 Å². The molecule has 4 nitrogen and oxygen atoms in total. The molecule has 0 aromatic carbocycles. The molecule has 0 unspecified atom stereocenters. The maximum absolute atomic E-state index is 13.4. The third-order valence-electron chi connectivity index (χ3n) is 3.45. The lowest BCUT2D eigenvalue weighted by Crippen LogP contribution is -2.69. The first-order valence-electron chi connectivity index (χ1n) is 8.57. The molecule has 18 heteroatoms. The van der Waals surface area contributed by atoms with Gasteiger partial charge in [0.05, 0.1) is 19.8 Å². The Balaban J connectivity index is 5.51. The molecule has 0 saturated heterocycles. The van der Waals surface area contributed by atoms with Gasteiger partial charge in [-0.25, -0.2) is 4.57 Å². The molecule has 0 amide bonds. The van der Waals surface area contributed by atoms with Gasteiger partial charge in [0.2, 0.25) is 0 Å². The number of halogens is 13. The third-order valence-corrected chi connectivity index (χ3v) is 5.10. The maximum Gasteiger partial charge on any atom is 0.474 e. The van der Waals surface area contributed by atoms with Gasteiger partial charge in [0.1, 0.15) is 0 Å². The minimum absolute atomic E-state index is 0.148. The van der Waals surface area contributed by atoms with Crippen LogP contribution in [0, 0.1) is 11.8 Å². The highest BCUT2D eigenvalue weighted by Gasteiger charge is 2.90. The van der Waals surface area contributed by atoms with Crippen molar-refractivity contribution in [1.82, 2.24) is 0 Å². The quantitative estimate of drug-likeness (QED) is 0.120. The summed E-state index contributed by atoms with van der Waals surface area (Å²) >= 11 is 0. The molecular formula is C15H16F13O4P. The standard InChI is InChI=1S/C15H16F13O4P/c1-3-30-33(29,31-4-2)32-9-7-5-6-8-10(16,17)11(18,19)12(20,21)13(22,23)14(24,25)15(26,27)28/h3-5,7,9H2,1-2H3. The molecule has 0 aliphatic rings. The van der Waals surface area contributed by atoms with Crippen LogP contribution >= 0.6 is 7.82 Å². The van der Waals surface area contributed by atoms with Crippen molar-refractivity contribution in [2.75, 3.05) is 19.8 Å². The molecule has 0 radical (unpaired) electrons. The van der Waals surface area contributed by atoms with Gasteiger partial charge in [0.15, 0.2) is 0 Å². The Morgan fingerprint density at radius 2 is 1.09 bits per heavy atom. The van der Waals surface area contributed by atoms with E-state index in [0.717, 1.165) is 5.92 Å². The van der Waals surface area contributed by atoms with E-state index in [1.165, 1.54) is 13.8 Å². The fraction of sp³-hybridized carbons (Fsp3) is 0.867. The van der Waals surface area contributed by atoms with Crippen LogP contribution in [-0.2, 0) is 18.1 Å². The number of hydrogen-bond donors (Lipinski definition) is 0. The number of rotatable bonds is 12. The summed E-state index contributed by atoms with van der Waals surface area (Å²) in [4.78, 5) is 0. The molecule has 0 heterocycles. The highest BCUT2D eigenvalue weighted by atomic mass is 31.2. The molecule has 0 aromatic rings. The average molecular weight is 538 g/mol. The van der Waals surface area contributed by atoms with Crippen molar-refractivity contribution in [2.45, 2.75) is 62.5 Å². The van der Waals surface area contributed by atoms with Gasteiger partial charge in [0.25, 0.3) is 0 Å². The van der Waals surface area contributed by atoms with E-state index in [-0.39, 0.29) is 19.1 Å². The fourth-order valence-corrected chi connectivity index (χ4v) is 3.00. The Hall–Kier alpha value is -1.24. The number of alkyl halides is 13. The topological polar surface area (TPSA) is 44.8 Å². The zero-order valence-electron chi connectivity index (χ0n) is 16.5. The van der Waals surface area contributed by atoms with Gasteiger partial charge in [-0.3, -0.25) is 13.6 Å². The minimum Gasteiger partial charge on any atom is -0.287 e. The second-order valence-corrected chi connectivity index (χ2v) is 7.56. The Kier molecular flexibility index (Phi) is 10.2. The number of phosphoric acid groups is 1. The van der Waals surface area contributed by atoms with E-state index in [4.69, 9.17) is 0 Å². The van der Waals surface area contributed by atoms with Gasteiger partial charge < -0.3 is 0 Å². The van der Waals surface area contributed by atoms with E-state index in [9.17, 15) is 61.6 Å². The molecule has 0 N–H and O–H groups in total. The molecule has 0 aromatic heterocycles. The summed E-state index contributed by atoms with van der Waals surface area (Å²) in [5, 5.41) is 0. The Bertz CT molecular complexity index is 745. The van der Waals surface area contributed by atoms with E-state index in [0.29, 0.717) is 0 Å². The lowest BCUT2D eigenvalue weighted by atomic mass is 9.94. The zero-order chi connectivity index (χ0) is 26.6. The molecule has 0 spiro atoms. The number of hydrogen-bond acceptors (Lipinski definition) is 4. The second-order valence-electron chi connectivity index (χ2n) is 5.89. The largest absolute Gasteiger partial charge is 0.474 e. The van der Waals surface area contributed by atoms with E-state index in [1.807, 2.05) is 0 Å². The van der Waals surface area contributed by atoms with Crippen LogP contribution in [0.4, 0.5) is 57.1 Å². The minimum atomic E-state index is -7.97. The van der Waals surface area contributed by atoms with Crippen LogP contribution in [0.15, 0.2) is 0 Å². The van der Waals surface area contributed by atoms with Gasteiger partial charge >= 0.3 is 43.6 Å². The summed E-state index contributed by atoms with van der Waals surface area (Å²) < 4.78 is 194. The molecule has 0 saturated carbocycles. The maximum atomic E-state index is 13.4. The first-order valence-corrected chi connectivity index (χ1v) is 10.0. The molecule has 196 valence electrons.